The molecule has 0 bridgehead atoms. The molecule has 2 aliphatic rings. The van der Waals surface area contributed by atoms with Crippen LogP contribution >= 0.6 is 0 Å². The molecule has 0 unspecified atom stereocenters. The second-order valence-corrected chi connectivity index (χ2v) is 7.20. The zero-order chi connectivity index (χ0) is 12.5. The van der Waals surface area contributed by atoms with Crippen LogP contribution < -0.4 is 4.72 Å². The molecule has 1 N–H and O–H groups in total. The normalized spacial score (nSPS) is 32.4. The lowest BCUT2D eigenvalue weighted by molar-refractivity contribution is -0.144. The van der Waals surface area contributed by atoms with Crippen LogP contribution in [0.3, 0.4) is 0 Å². The fourth-order valence-corrected chi connectivity index (χ4v) is 4.33. The summed E-state index contributed by atoms with van der Waals surface area (Å²) >= 11 is 0. The van der Waals surface area contributed by atoms with Crippen LogP contribution in [0.2, 0.25) is 0 Å². The molecule has 0 heterocycles. The smallest absolute Gasteiger partial charge is 0.208 e. The summed E-state index contributed by atoms with van der Waals surface area (Å²) in [5, 5.41) is 0. The molecule has 2 rings (SSSR count). The van der Waals surface area contributed by atoms with Crippen LogP contribution in [0, 0.1) is 5.41 Å². The second kappa shape index (κ2) is 4.86. The minimum absolute atomic E-state index is 0.0807. The van der Waals surface area contributed by atoms with Gasteiger partial charge in [-0.05, 0) is 26.2 Å². The van der Waals surface area contributed by atoms with E-state index in [0.29, 0.717) is 0 Å². The standard InChI is InChI=1S/C12H23NO3S/c1-3-16-11-9-10(13-17(2,14)15)12(11)7-5-4-6-8-12/h10-11,13H,3-9H2,1-2H3/t10-,11-/m1/s1. The summed E-state index contributed by atoms with van der Waals surface area (Å²) in [6.07, 6.45) is 8.21. The maximum atomic E-state index is 11.4. The molecule has 100 valence electrons. The maximum absolute atomic E-state index is 11.4. The Morgan fingerprint density at radius 3 is 2.47 bits per heavy atom. The molecule has 0 aromatic heterocycles. The summed E-state index contributed by atoms with van der Waals surface area (Å²) in [6, 6.07) is 0.0920. The molecule has 2 fully saturated rings. The molecule has 0 saturated heterocycles. The molecule has 17 heavy (non-hydrogen) atoms. The number of hydrogen-bond donors (Lipinski definition) is 1. The molecule has 0 aromatic carbocycles. The average Bonchev–Trinajstić information content (AvgIpc) is 2.27. The van der Waals surface area contributed by atoms with Crippen LogP contribution in [0.5, 0.6) is 0 Å². The van der Waals surface area contributed by atoms with Crippen molar-refractivity contribution in [3.8, 4) is 0 Å². The van der Waals surface area contributed by atoms with E-state index in [1.54, 1.807) is 0 Å². The van der Waals surface area contributed by atoms with Gasteiger partial charge in [0.15, 0.2) is 0 Å². The third kappa shape index (κ3) is 2.66. The van der Waals surface area contributed by atoms with Gasteiger partial charge in [-0.25, -0.2) is 13.1 Å². The highest BCUT2D eigenvalue weighted by Crippen LogP contribution is 2.53. The van der Waals surface area contributed by atoms with Crippen LogP contribution in [0.4, 0.5) is 0 Å². The number of nitrogens with one attached hydrogen (secondary N) is 1. The topological polar surface area (TPSA) is 55.4 Å². The van der Waals surface area contributed by atoms with Crippen LogP contribution in [-0.4, -0.2) is 33.4 Å². The molecule has 0 aromatic rings. The van der Waals surface area contributed by atoms with Crippen LogP contribution in [-0.2, 0) is 14.8 Å². The Morgan fingerprint density at radius 1 is 1.29 bits per heavy atom. The van der Waals surface area contributed by atoms with Gasteiger partial charge < -0.3 is 4.74 Å². The Morgan fingerprint density at radius 2 is 1.94 bits per heavy atom. The minimum atomic E-state index is -3.10. The summed E-state index contributed by atoms with van der Waals surface area (Å²) in [4.78, 5) is 0. The second-order valence-electron chi connectivity index (χ2n) is 5.42. The zero-order valence-corrected chi connectivity index (χ0v) is 11.6. The van der Waals surface area contributed by atoms with E-state index in [1.807, 2.05) is 6.92 Å². The van der Waals surface area contributed by atoms with Gasteiger partial charge >= 0.3 is 0 Å². The van der Waals surface area contributed by atoms with Gasteiger partial charge in [-0.2, -0.15) is 0 Å². The molecule has 0 radical (unpaired) electrons. The Kier molecular flexibility index (Phi) is 3.80. The van der Waals surface area contributed by atoms with Gasteiger partial charge in [0.05, 0.1) is 12.4 Å². The Hall–Kier alpha value is -0.130. The first-order chi connectivity index (χ1) is 7.98. The van der Waals surface area contributed by atoms with Crippen molar-refractivity contribution in [3.63, 3.8) is 0 Å². The zero-order valence-electron chi connectivity index (χ0n) is 10.7. The Balaban J connectivity index is 2.08. The lowest BCUT2D eigenvalue weighted by atomic mass is 9.55. The molecule has 0 aliphatic heterocycles. The van der Waals surface area contributed by atoms with Crippen molar-refractivity contribution in [2.75, 3.05) is 12.9 Å². The van der Waals surface area contributed by atoms with Crippen molar-refractivity contribution in [1.82, 2.24) is 4.72 Å². The monoisotopic (exact) mass is 261 g/mol. The SMILES string of the molecule is CCO[C@@H]1C[C@@H](NS(C)(=O)=O)C12CCCCC2. The van der Waals surface area contributed by atoms with E-state index < -0.39 is 10.0 Å². The Bertz CT molecular complexity index is 360. The lowest BCUT2D eigenvalue weighted by Gasteiger charge is -2.57. The predicted molar refractivity (Wildman–Crippen MR) is 67.3 cm³/mol. The summed E-state index contributed by atoms with van der Waals surface area (Å²) < 4.78 is 31.3. The van der Waals surface area contributed by atoms with E-state index in [2.05, 4.69) is 4.72 Å². The van der Waals surface area contributed by atoms with Crippen molar-refractivity contribution in [2.45, 2.75) is 57.6 Å². The van der Waals surface area contributed by atoms with Crippen molar-refractivity contribution >= 4 is 10.0 Å². The van der Waals surface area contributed by atoms with Crippen molar-refractivity contribution in [1.29, 1.82) is 0 Å². The van der Waals surface area contributed by atoms with E-state index in [0.717, 1.165) is 25.9 Å². The third-order valence-electron chi connectivity index (χ3n) is 4.29. The highest BCUT2D eigenvalue weighted by atomic mass is 32.2. The van der Waals surface area contributed by atoms with E-state index in [1.165, 1.54) is 25.5 Å². The van der Waals surface area contributed by atoms with Gasteiger partial charge in [0, 0.05) is 18.1 Å². The third-order valence-corrected chi connectivity index (χ3v) is 5.01. The molecule has 5 heteroatoms. The largest absolute Gasteiger partial charge is 0.378 e. The van der Waals surface area contributed by atoms with Gasteiger partial charge in [-0.1, -0.05) is 19.3 Å². The minimum Gasteiger partial charge on any atom is -0.378 e. The first-order valence-electron chi connectivity index (χ1n) is 6.57. The van der Waals surface area contributed by atoms with Gasteiger partial charge in [-0.3, -0.25) is 0 Å². The molecule has 1 spiro atoms. The highest BCUT2D eigenvalue weighted by Gasteiger charge is 2.56. The molecule has 2 saturated carbocycles. The molecule has 4 nitrogen and oxygen atoms in total. The quantitative estimate of drug-likeness (QED) is 0.837. The predicted octanol–water partition coefficient (Wildman–Crippen LogP) is 1.66. The first kappa shape index (κ1) is 13.3. The van der Waals surface area contributed by atoms with E-state index in [4.69, 9.17) is 4.74 Å². The fraction of sp³-hybridized carbons (Fsp3) is 1.00. The van der Waals surface area contributed by atoms with Gasteiger partial charge in [0.2, 0.25) is 10.0 Å². The van der Waals surface area contributed by atoms with E-state index in [-0.39, 0.29) is 17.6 Å². The summed E-state index contributed by atoms with van der Waals surface area (Å²) in [7, 11) is -3.10. The number of ether oxygens (including phenoxy) is 1. The van der Waals surface area contributed by atoms with E-state index >= 15 is 0 Å². The molecule has 2 aliphatic carbocycles. The molecule has 0 amide bonds. The Labute approximate surface area is 104 Å². The summed E-state index contributed by atoms with van der Waals surface area (Å²) in [5.41, 5.74) is 0.0807. The lowest BCUT2D eigenvalue weighted by Crippen LogP contribution is -2.65. The number of rotatable bonds is 4. The average molecular weight is 261 g/mol. The molecular formula is C12H23NO3S. The van der Waals surface area contributed by atoms with Crippen molar-refractivity contribution in [3.05, 3.63) is 0 Å². The van der Waals surface area contributed by atoms with Gasteiger partial charge in [0.25, 0.3) is 0 Å². The molecule has 2 atom stereocenters. The fourth-order valence-electron chi connectivity index (χ4n) is 3.49. The van der Waals surface area contributed by atoms with Crippen LogP contribution in [0.1, 0.15) is 45.4 Å². The number of hydrogen-bond acceptors (Lipinski definition) is 3. The first-order valence-corrected chi connectivity index (χ1v) is 8.46. The summed E-state index contributed by atoms with van der Waals surface area (Å²) in [6.45, 7) is 2.73. The van der Waals surface area contributed by atoms with E-state index in [9.17, 15) is 8.42 Å². The highest BCUT2D eigenvalue weighted by molar-refractivity contribution is 7.88. The summed E-state index contributed by atoms with van der Waals surface area (Å²) in [5.74, 6) is 0. The van der Waals surface area contributed by atoms with Crippen molar-refractivity contribution in [2.24, 2.45) is 5.41 Å². The van der Waals surface area contributed by atoms with Gasteiger partial charge in [0.1, 0.15) is 0 Å². The van der Waals surface area contributed by atoms with Crippen LogP contribution in [0.15, 0.2) is 0 Å². The molecular weight excluding hydrogens is 238 g/mol. The van der Waals surface area contributed by atoms with Crippen molar-refractivity contribution < 1.29 is 13.2 Å². The number of sulfonamides is 1. The van der Waals surface area contributed by atoms with Crippen LogP contribution in [0.25, 0.3) is 0 Å². The van der Waals surface area contributed by atoms with Gasteiger partial charge in [-0.15, -0.1) is 0 Å². The maximum Gasteiger partial charge on any atom is 0.208 e.